The van der Waals surface area contributed by atoms with Gasteiger partial charge in [-0.05, 0) is 0 Å². The Morgan fingerprint density at radius 2 is 2.14 bits per heavy atom. The Hall–Kier alpha value is -2.49. The van der Waals surface area contributed by atoms with Gasteiger partial charge in [0, 0.05) is 13.0 Å². The van der Waals surface area contributed by atoms with E-state index in [1.807, 2.05) is 0 Å². The number of aromatic nitrogens is 8. The number of rotatable bonds is 1. The van der Waals surface area contributed by atoms with Crippen molar-refractivity contribution in [2.45, 2.75) is 38.0 Å². The number of H-pyrrole nitrogens is 1. The molecule has 19 heteroatoms. The van der Waals surface area contributed by atoms with Crippen LogP contribution in [0.15, 0.2) is 23.6 Å². The van der Waals surface area contributed by atoms with Gasteiger partial charge in [0.2, 0.25) is 5.95 Å². The van der Waals surface area contributed by atoms with Gasteiger partial charge in [0.25, 0.3) is 5.56 Å². The molecule has 0 amide bonds. The summed E-state index contributed by atoms with van der Waals surface area (Å²) in [5.74, 6) is 0.367. The Labute approximate surface area is 214 Å². The third-order valence-corrected chi connectivity index (χ3v) is 8.02. The molecule has 2 unspecified atom stereocenters. The number of aromatic amines is 1. The summed E-state index contributed by atoms with van der Waals surface area (Å²) >= 11 is 4.20. The highest BCUT2D eigenvalue weighted by Gasteiger charge is 2.42. The third kappa shape index (κ3) is 5.01. The van der Waals surface area contributed by atoms with E-state index in [4.69, 9.17) is 28.6 Å². The van der Waals surface area contributed by atoms with Gasteiger partial charge in [-0.2, -0.15) is 4.98 Å². The first-order valence-electron chi connectivity index (χ1n) is 11.1. The Balaban J connectivity index is 1.31. The summed E-state index contributed by atoms with van der Waals surface area (Å²) in [6.07, 6.45) is 2.54. The second-order valence-electron chi connectivity index (χ2n) is 8.20. The van der Waals surface area contributed by atoms with E-state index in [1.54, 1.807) is 10.8 Å². The quantitative estimate of drug-likeness (QED) is 0.219. The molecule has 0 spiro atoms. The fraction of sp³-hybridized carbons (Fsp3) is 0.444. The van der Waals surface area contributed by atoms with Crippen molar-refractivity contribution in [2.75, 3.05) is 18.9 Å². The number of hydrogen-bond donors (Lipinski definition) is 3. The van der Waals surface area contributed by atoms with Gasteiger partial charge in [-0.1, -0.05) is 12.2 Å². The van der Waals surface area contributed by atoms with Crippen molar-refractivity contribution in [3.05, 3.63) is 35.0 Å². The standard InChI is InChI=1S/C18H21N9O7P2S/c19-18-24-15-13(16(28)25-18)22-8-27(15)17-11-3-9(33-17)5-31-35-30-2-1-26-12(6-32-36(29,37)34-11)23-10-4-20-7-21-14(10)26/h4,7-9,11,17,35H,1-3,5-6H2,(H,29,37)(H3,19,24,25,28)/t9-,11+,17+,36?/m0/s1. The Morgan fingerprint density at radius 1 is 1.24 bits per heavy atom. The monoisotopic (exact) mass is 569 g/mol. The molecule has 16 nitrogen and oxygen atoms in total. The second-order valence-corrected chi connectivity index (χ2v) is 11.8. The smallest absolute Gasteiger partial charge is 0.369 e. The van der Waals surface area contributed by atoms with Crippen LogP contribution < -0.4 is 11.3 Å². The summed E-state index contributed by atoms with van der Waals surface area (Å²) < 4.78 is 45.6. The van der Waals surface area contributed by atoms with Gasteiger partial charge in [-0.25, -0.2) is 24.5 Å². The van der Waals surface area contributed by atoms with E-state index >= 15 is 0 Å². The van der Waals surface area contributed by atoms with Crippen LogP contribution in [0.2, 0.25) is 0 Å². The molecule has 6 heterocycles. The normalized spacial score (nSPS) is 28.3. The summed E-state index contributed by atoms with van der Waals surface area (Å²) in [7, 11) is -0.244. The largest absolute Gasteiger partial charge is 0.386 e. The molecule has 3 N–H and O–H groups in total. The molecule has 0 aromatic carbocycles. The summed E-state index contributed by atoms with van der Waals surface area (Å²) in [5, 5.41) is 0. The van der Waals surface area contributed by atoms with Crippen LogP contribution in [0.1, 0.15) is 18.5 Å². The Bertz CT molecular complexity index is 1560. The number of nitrogens with two attached hydrogens (primary N) is 1. The molecule has 1 saturated heterocycles. The van der Waals surface area contributed by atoms with Gasteiger partial charge in [-0.3, -0.25) is 23.4 Å². The molecule has 2 aliphatic heterocycles. The van der Waals surface area contributed by atoms with Crippen molar-refractivity contribution in [3.8, 4) is 0 Å². The maximum absolute atomic E-state index is 13.3. The van der Waals surface area contributed by atoms with Crippen LogP contribution in [-0.4, -0.2) is 64.5 Å². The average molecular weight is 569 g/mol. The molecular formula is C18H21N9O7P2S. The van der Waals surface area contributed by atoms with Gasteiger partial charge >= 0.3 is 6.80 Å². The van der Waals surface area contributed by atoms with E-state index in [-0.39, 0.29) is 45.8 Å². The molecule has 2 bridgehead atoms. The minimum absolute atomic E-state index is 0.0700. The lowest BCUT2D eigenvalue weighted by molar-refractivity contribution is -0.0419. The maximum Gasteiger partial charge on any atom is 0.386 e. The number of thiol groups is 1. The van der Waals surface area contributed by atoms with Crippen molar-refractivity contribution in [3.63, 3.8) is 0 Å². The van der Waals surface area contributed by atoms with E-state index in [0.717, 1.165) is 0 Å². The highest BCUT2D eigenvalue weighted by molar-refractivity contribution is 8.44. The number of imidazole rings is 2. The zero-order valence-corrected chi connectivity index (χ0v) is 21.7. The minimum atomic E-state index is -3.93. The van der Waals surface area contributed by atoms with Gasteiger partial charge in [0.15, 0.2) is 32.1 Å². The average Bonchev–Trinajstić information content (AvgIpc) is 3.54. The summed E-state index contributed by atoms with van der Waals surface area (Å²) in [4.78, 5) is 35.7. The predicted octanol–water partition coefficient (Wildman–Crippen LogP) is 1.32. The van der Waals surface area contributed by atoms with E-state index in [1.165, 1.54) is 17.2 Å². The highest BCUT2D eigenvalue weighted by Crippen LogP contribution is 2.57. The Morgan fingerprint density at radius 3 is 3.03 bits per heavy atom. The van der Waals surface area contributed by atoms with Crippen LogP contribution in [0.5, 0.6) is 0 Å². The molecule has 1 fully saturated rings. The van der Waals surface area contributed by atoms with Crippen molar-refractivity contribution in [1.82, 2.24) is 39.0 Å². The first-order valence-corrected chi connectivity index (χ1v) is 14.6. The topological polar surface area (TPSA) is 196 Å². The number of anilines is 1. The van der Waals surface area contributed by atoms with Crippen LogP contribution in [-0.2, 0) is 40.5 Å². The fourth-order valence-electron chi connectivity index (χ4n) is 4.25. The van der Waals surface area contributed by atoms with Gasteiger partial charge in [0.1, 0.15) is 30.4 Å². The van der Waals surface area contributed by atoms with Gasteiger partial charge in [0.05, 0.1) is 31.8 Å². The minimum Gasteiger partial charge on any atom is -0.369 e. The van der Waals surface area contributed by atoms with Gasteiger partial charge < -0.3 is 24.1 Å². The van der Waals surface area contributed by atoms with Crippen molar-refractivity contribution < 1.29 is 27.4 Å². The molecule has 4 aromatic rings. The van der Waals surface area contributed by atoms with Crippen LogP contribution >= 0.6 is 28.1 Å². The van der Waals surface area contributed by atoms with Crippen LogP contribution in [0.25, 0.3) is 22.3 Å². The number of ether oxygens (including phenoxy) is 1. The summed E-state index contributed by atoms with van der Waals surface area (Å²) in [6, 6.07) is 0. The first-order chi connectivity index (χ1) is 17.9. The zero-order chi connectivity index (χ0) is 25.6. The van der Waals surface area contributed by atoms with Crippen molar-refractivity contribution in [2.24, 2.45) is 0 Å². The van der Waals surface area contributed by atoms with Gasteiger partial charge in [-0.15, -0.1) is 0 Å². The molecule has 6 rings (SSSR count). The SMILES string of the molecule is Nc1nc2c(ncn2[C@@H]2O[C@@H]3COPOCCn4c(nc5cncnc54)COP(=O)(S)O[C@@H]2C3)c(=O)[nH]1. The first kappa shape index (κ1) is 24.8. The lowest BCUT2D eigenvalue weighted by Gasteiger charge is -2.23. The molecule has 2 aliphatic rings. The van der Waals surface area contributed by atoms with Crippen LogP contribution in [0, 0.1) is 0 Å². The van der Waals surface area contributed by atoms with E-state index in [9.17, 15) is 9.36 Å². The molecule has 5 atom stereocenters. The van der Waals surface area contributed by atoms with Crippen molar-refractivity contribution >= 4 is 56.4 Å². The summed E-state index contributed by atoms with van der Waals surface area (Å²) in [5.41, 5.74) is 6.62. The Kier molecular flexibility index (Phi) is 6.71. The zero-order valence-electron chi connectivity index (χ0n) is 19.0. The molecule has 4 aromatic heterocycles. The van der Waals surface area contributed by atoms with E-state index in [2.05, 4.69) is 42.2 Å². The molecule has 0 saturated carbocycles. The number of nitrogens with zero attached hydrogens (tertiary/aromatic N) is 7. The molecule has 0 aliphatic carbocycles. The van der Waals surface area contributed by atoms with Crippen molar-refractivity contribution in [1.29, 1.82) is 0 Å². The molecule has 196 valence electrons. The van der Waals surface area contributed by atoms with Crippen LogP contribution in [0.3, 0.4) is 0 Å². The van der Waals surface area contributed by atoms with E-state index < -0.39 is 30.8 Å². The number of nitrogens with one attached hydrogen (secondary N) is 1. The van der Waals surface area contributed by atoms with E-state index in [0.29, 0.717) is 30.1 Å². The highest BCUT2D eigenvalue weighted by atomic mass is 32.7. The lowest BCUT2D eigenvalue weighted by Crippen LogP contribution is -2.22. The molecule has 0 radical (unpaired) electrons. The third-order valence-electron chi connectivity index (χ3n) is 5.79. The predicted molar refractivity (Wildman–Crippen MR) is 133 cm³/mol. The number of fused-ring (bicyclic) bond motifs is 6. The number of hydrogen-bond acceptors (Lipinski definition) is 13. The lowest BCUT2D eigenvalue weighted by atomic mass is 10.2. The summed E-state index contributed by atoms with van der Waals surface area (Å²) in [6.45, 7) is -3.19. The molecular weight excluding hydrogens is 548 g/mol. The molecule has 37 heavy (non-hydrogen) atoms. The number of nitrogen functional groups attached to an aromatic ring is 1. The van der Waals surface area contributed by atoms with Crippen LogP contribution in [0.4, 0.5) is 5.95 Å². The second kappa shape index (κ2) is 10.0. The fourth-order valence-corrected chi connectivity index (χ4v) is 6.17. The maximum atomic E-state index is 13.3.